The van der Waals surface area contributed by atoms with Gasteiger partial charge >= 0.3 is 17.6 Å². The van der Waals surface area contributed by atoms with Gasteiger partial charge in [-0.2, -0.15) is 0 Å². The number of benzene rings is 2. The molecule has 0 saturated heterocycles. The first kappa shape index (κ1) is 17.7. The van der Waals surface area contributed by atoms with Gasteiger partial charge in [0, 0.05) is 6.42 Å². The van der Waals surface area contributed by atoms with Gasteiger partial charge in [0.15, 0.2) is 0 Å². The lowest BCUT2D eigenvalue weighted by molar-refractivity contribution is -0.176. The summed E-state index contributed by atoms with van der Waals surface area (Å²) in [5.74, 6) is -2.46. The highest BCUT2D eigenvalue weighted by Crippen LogP contribution is 2.22. The maximum atomic E-state index is 14.8. The minimum atomic E-state index is -2.80. The molecule has 0 spiro atoms. The Morgan fingerprint density at radius 3 is 1.54 bits per heavy atom. The van der Waals surface area contributed by atoms with Gasteiger partial charge in [0.05, 0.1) is 0 Å². The van der Waals surface area contributed by atoms with Crippen molar-refractivity contribution in [2.45, 2.75) is 32.2 Å². The van der Waals surface area contributed by atoms with Crippen LogP contribution in [0.5, 0.6) is 0 Å². The number of hydrogen-bond donors (Lipinski definition) is 0. The van der Waals surface area contributed by atoms with E-state index in [4.69, 9.17) is 9.47 Å². The van der Waals surface area contributed by atoms with Crippen LogP contribution in [0.2, 0.25) is 0 Å². The van der Waals surface area contributed by atoms with Crippen LogP contribution in [0.25, 0.3) is 0 Å². The van der Waals surface area contributed by atoms with E-state index in [1.807, 2.05) is 12.1 Å². The number of carbonyl (C=O) groups is 2. The predicted molar refractivity (Wildman–Crippen MR) is 86.6 cm³/mol. The summed E-state index contributed by atoms with van der Waals surface area (Å²) >= 11 is 0. The number of rotatable bonds is 7. The number of halogens is 1. The number of ether oxygens (including phenoxy) is 2. The van der Waals surface area contributed by atoms with Crippen molar-refractivity contribution in [3.8, 4) is 0 Å². The smallest absolute Gasteiger partial charge is 0.356 e. The molecule has 2 rings (SSSR count). The summed E-state index contributed by atoms with van der Waals surface area (Å²) in [6.45, 7) is 1.20. The molecule has 4 nitrogen and oxygen atoms in total. The zero-order valence-electron chi connectivity index (χ0n) is 13.4. The molecule has 0 amide bonds. The van der Waals surface area contributed by atoms with Crippen LogP contribution in [-0.2, 0) is 32.3 Å². The highest BCUT2D eigenvalue weighted by Gasteiger charge is 2.48. The van der Waals surface area contributed by atoms with Gasteiger partial charge in [0.1, 0.15) is 13.2 Å². The van der Waals surface area contributed by atoms with Crippen molar-refractivity contribution in [1.82, 2.24) is 0 Å². The second-order valence-corrected chi connectivity index (χ2v) is 5.28. The maximum Gasteiger partial charge on any atom is 0.356 e. The molecule has 0 unspecified atom stereocenters. The molecule has 0 aliphatic rings. The average molecular weight is 330 g/mol. The molecule has 0 heterocycles. The van der Waals surface area contributed by atoms with Crippen LogP contribution < -0.4 is 0 Å². The fourth-order valence-corrected chi connectivity index (χ4v) is 2.05. The summed E-state index contributed by atoms with van der Waals surface area (Å²) in [4.78, 5) is 24.0. The van der Waals surface area contributed by atoms with Crippen molar-refractivity contribution >= 4 is 11.9 Å². The second kappa shape index (κ2) is 8.24. The van der Waals surface area contributed by atoms with Gasteiger partial charge in [-0.3, -0.25) is 0 Å². The SMILES string of the molecule is CCC(F)(C(=O)OCc1ccccc1)C(=O)OCc1ccccc1. The highest BCUT2D eigenvalue weighted by molar-refractivity contribution is 6.03. The molecule has 5 heteroatoms. The van der Waals surface area contributed by atoms with E-state index >= 15 is 0 Å². The van der Waals surface area contributed by atoms with Gasteiger partial charge in [-0.1, -0.05) is 67.6 Å². The lowest BCUT2D eigenvalue weighted by Crippen LogP contribution is -2.44. The van der Waals surface area contributed by atoms with Gasteiger partial charge in [-0.05, 0) is 11.1 Å². The van der Waals surface area contributed by atoms with Crippen LogP contribution in [0.15, 0.2) is 60.7 Å². The molecule has 2 aromatic carbocycles. The Morgan fingerprint density at radius 1 is 0.833 bits per heavy atom. The highest BCUT2D eigenvalue weighted by atomic mass is 19.1. The Labute approximate surface area is 140 Å². The van der Waals surface area contributed by atoms with E-state index in [1.54, 1.807) is 48.5 Å². The molecule has 126 valence electrons. The van der Waals surface area contributed by atoms with E-state index in [1.165, 1.54) is 6.92 Å². The quantitative estimate of drug-likeness (QED) is 0.575. The van der Waals surface area contributed by atoms with Crippen LogP contribution >= 0.6 is 0 Å². The van der Waals surface area contributed by atoms with E-state index in [0.717, 1.165) is 0 Å². The Morgan fingerprint density at radius 2 is 1.21 bits per heavy atom. The summed E-state index contributed by atoms with van der Waals surface area (Å²) in [6.07, 6.45) is -0.353. The molecule has 0 radical (unpaired) electrons. The van der Waals surface area contributed by atoms with Gasteiger partial charge in [0.25, 0.3) is 0 Å². The monoisotopic (exact) mass is 330 g/mol. The zero-order valence-corrected chi connectivity index (χ0v) is 13.4. The van der Waals surface area contributed by atoms with E-state index in [-0.39, 0.29) is 19.6 Å². The summed E-state index contributed by atoms with van der Waals surface area (Å²) in [6, 6.07) is 17.7. The third-order valence-corrected chi connectivity index (χ3v) is 3.56. The average Bonchev–Trinajstić information content (AvgIpc) is 2.65. The lowest BCUT2D eigenvalue weighted by atomic mass is 10.0. The third-order valence-electron chi connectivity index (χ3n) is 3.56. The molecule has 0 bridgehead atoms. The summed E-state index contributed by atoms with van der Waals surface area (Å²) in [5, 5.41) is 0. The molecule has 24 heavy (non-hydrogen) atoms. The summed E-state index contributed by atoms with van der Waals surface area (Å²) in [7, 11) is 0. The van der Waals surface area contributed by atoms with Crippen LogP contribution in [0.4, 0.5) is 4.39 Å². The minimum Gasteiger partial charge on any atom is -0.458 e. The third kappa shape index (κ3) is 4.41. The lowest BCUT2D eigenvalue weighted by Gasteiger charge is -2.20. The first-order chi connectivity index (χ1) is 11.6. The largest absolute Gasteiger partial charge is 0.458 e. The Balaban J connectivity index is 1.95. The number of carbonyl (C=O) groups excluding carboxylic acids is 2. The first-order valence-electron chi connectivity index (χ1n) is 7.67. The van der Waals surface area contributed by atoms with Crippen LogP contribution in [-0.4, -0.2) is 17.6 Å². The van der Waals surface area contributed by atoms with Crippen molar-refractivity contribution in [2.24, 2.45) is 0 Å². The molecule has 0 N–H and O–H groups in total. The van der Waals surface area contributed by atoms with Gasteiger partial charge < -0.3 is 9.47 Å². The molecular formula is C19H19FO4. The Kier molecular flexibility index (Phi) is 6.07. The molecule has 0 fully saturated rings. The molecular weight excluding hydrogens is 311 g/mol. The first-order valence-corrected chi connectivity index (χ1v) is 7.67. The van der Waals surface area contributed by atoms with E-state index in [2.05, 4.69) is 0 Å². The fourth-order valence-electron chi connectivity index (χ4n) is 2.05. The molecule has 0 aliphatic heterocycles. The normalized spacial score (nSPS) is 10.9. The number of hydrogen-bond acceptors (Lipinski definition) is 4. The van der Waals surface area contributed by atoms with Crippen molar-refractivity contribution in [2.75, 3.05) is 0 Å². The molecule has 2 aromatic rings. The number of alkyl halides is 1. The van der Waals surface area contributed by atoms with E-state index in [9.17, 15) is 14.0 Å². The Bertz CT molecular complexity index is 615. The minimum absolute atomic E-state index is 0.0999. The summed E-state index contributed by atoms with van der Waals surface area (Å²) in [5.41, 5.74) is -1.38. The second-order valence-electron chi connectivity index (χ2n) is 5.28. The van der Waals surface area contributed by atoms with E-state index < -0.39 is 17.6 Å². The number of esters is 2. The van der Waals surface area contributed by atoms with Crippen LogP contribution in [0, 0.1) is 0 Å². The van der Waals surface area contributed by atoms with Crippen molar-refractivity contribution in [3.63, 3.8) is 0 Å². The van der Waals surface area contributed by atoms with Crippen molar-refractivity contribution in [3.05, 3.63) is 71.8 Å². The van der Waals surface area contributed by atoms with Crippen molar-refractivity contribution < 1.29 is 23.5 Å². The van der Waals surface area contributed by atoms with Crippen molar-refractivity contribution in [1.29, 1.82) is 0 Å². The van der Waals surface area contributed by atoms with Crippen LogP contribution in [0.1, 0.15) is 24.5 Å². The molecule has 0 atom stereocenters. The van der Waals surface area contributed by atoms with Gasteiger partial charge in [-0.25, -0.2) is 14.0 Å². The molecule has 0 saturated carbocycles. The maximum absolute atomic E-state index is 14.8. The molecule has 0 aromatic heterocycles. The Hall–Kier alpha value is -2.69. The van der Waals surface area contributed by atoms with Crippen LogP contribution in [0.3, 0.4) is 0 Å². The zero-order chi connectivity index (χ0) is 17.4. The van der Waals surface area contributed by atoms with E-state index in [0.29, 0.717) is 11.1 Å². The van der Waals surface area contributed by atoms with Gasteiger partial charge in [-0.15, -0.1) is 0 Å². The topological polar surface area (TPSA) is 52.6 Å². The molecule has 0 aliphatic carbocycles. The fraction of sp³-hybridized carbons (Fsp3) is 0.263. The standard InChI is InChI=1S/C19H19FO4/c1-2-19(20,17(21)23-13-15-9-5-3-6-10-15)18(22)24-14-16-11-7-4-8-12-16/h3-12H,2,13-14H2,1H3. The predicted octanol–water partition coefficient (Wildman–Crippen LogP) is 3.59. The van der Waals surface area contributed by atoms with Gasteiger partial charge in [0.2, 0.25) is 0 Å². The summed E-state index contributed by atoms with van der Waals surface area (Å²) < 4.78 is 24.6.